The number of hydrogen-bond acceptors (Lipinski definition) is 6. The third-order valence-corrected chi connectivity index (χ3v) is 5.65. The molecule has 0 bridgehead atoms. The molecule has 0 aliphatic carbocycles. The lowest BCUT2D eigenvalue weighted by Gasteiger charge is -1.99. The summed E-state index contributed by atoms with van der Waals surface area (Å²) in [7, 11) is -8.07. The number of hydrogen-bond donors (Lipinski definition) is 4. The van der Waals surface area contributed by atoms with Gasteiger partial charge in [0.15, 0.2) is 11.5 Å². The standard InChI is InChI=1S/2C7H8O3S.C6H6O2/c2*1-6-4-2-3-5-7(6)11(8,9)10;7-5-3-1-2-4-6(5)8/h2*2-5H,1H3,(H,8,9,10);1-4,7-8H. The van der Waals surface area contributed by atoms with Gasteiger partial charge in [0, 0.05) is 0 Å². The highest BCUT2D eigenvalue weighted by molar-refractivity contribution is 7.86. The first kappa shape index (κ1) is 25.1. The van der Waals surface area contributed by atoms with Crippen molar-refractivity contribution < 1.29 is 36.2 Å². The van der Waals surface area contributed by atoms with E-state index >= 15 is 0 Å². The zero-order valence-corrected chi connectivity index (χ0v) is 17.8. The summed E-state index contributed by atoms with van der Waals surface area (Å²) < 4.78 is 59.7. The van der Waals surface area contributed by atoms with Crippen molar-refractivity contribution in [3.8, 4) is 11.5 Å². The molecular weight excluding hydrogens is 432 g/mol. The van der Waals surface area contributed by atoms with E-state index in [4.69, 9.17) is 19.3 Å². The Labute approximate surface area is 175 Å². The zero-order valence-electron chi connectivity index (χ0n) is 16.2. The van der Waals surface area contributed by atoms with E-state index in [0.29, 0.717) is 11.1 Å². The van der Waals surface area contributed by atoms with Crippen LogP contribution in [0, 0.1) is 13.8 Å². The van der Waals surface area contributed by atoms with Crippen LogP contribution in [0.3, 0.4) is 0 Å². The molecule has 0 aliphatic rings. The van der Waals surface area contributed by atoms with Gasteiger partial charge in [-0.05, 0) is 49.2 Å². The van der Waals surface area contributed by atoms with Gasteiger partial charge in [0.1, 0.15) is 0 Å². The molecule has 0 radical (unpaired) electrons. The molecule has 0 fully saturated rings. The number of phenols is 2. The minimum atomic E-state index is -4.03. The molecule has 162 valence electrons. The first-order chi connectivity index (χ1) is 13.8. The SMILES string of the molecule is Cc1ccccc1S(=O)(=O)O.Cc1ccccc1S(=O)(=O)O.Oc1ccccc1O. The molecule has 30 heavy (non-hydrogen) atoms. The molecule has 3 aromatic carbocycles. The summed E-state index contributed by atoms with van der Waals surface area (Å²) in [5.74, 6) is -0.153. The molecule has 4 N–H and O–H groups in total. The molecule has 0 spiro atoms. The smallest absolute Gasteiger partial charge is 0.294 e. The summed E-state index contributed by atoms with van der Waals surface area (Å²) in [6.45, 7) is 3.26. The van der Waals surface area contributed by atoms with Crippen LogP contribution in [0.5, 0.6) is 11.5 Å². The van der Waals surface area contributed by atoms with Gasteiger partial charge in [0.05, 0.1) is 9.79 Å². The molecule has 0 saturated heterocycles. The second-order valence-corrected chi connectivity index (χ2v) is 8.75. The maximum absolute atomic E-state index is 10.6. The summed E-state index contributed by atoms with van der Waals surface area (Å²) in [4.78, 5) is -0.0556. The van der Waals surface area contributed by atoms with E-state index in [1.54, 1.807) is 62.4 Å². The lowest BCUT2D eigenvalue weighted by molar-refractivity contribution is 0.404. The third-order valence-electron chi connectivity index (χ3n) is 3.62. The zero-order chi connectivity index (χ0) is 22.9. The van der Waals surface area contributed by atoms with E-state index in [0.717, 1.165) is 0 Å². The maximum atomic E-state index is 10.6. The summed E-state index contributed by atoms with van der Waals surface area (Å²) in [5.41, 5.74) is 1.10. The van der Waals surface area contributed by atoms with Crippen LogP contribution in [0.2, 0.25) is 0 Å². The van der Waals surface area contributed by atoms with Crippen molar-refractivity contribution in [3.05, 3.63) is 83.9 Å². The molecule has 0 amide bonds. The van der Waals surface area contributed by atoms with Gasteiger partial charge in [0.25, 0.3) is 20.2 Å². The Kier molecular flexibility index (Phi) is 8.99. The highest BCUT2D eigenvalue weighted by Crippen LogP contribution is 2.21. The van der Waals surface area contributed by atoms with Crippen molar-refractivity contribution in [2.75, 3.05) is 0 Å². The quantitative estimate of drug-likeness (QED) is 0.339. The number of rotatable bonds is 2. The van der Waals surface area contributed by atoms with E-state index in [1.807, 2.05) is 0 Å². The Morgan fingerprint density at radius 2 is 0.800 bits per heavy atom. The van der Waals surface area contributed by atoms with E-state index in [9.17, 15) is 16.8 Å². The summed E-state index contributed by atoms with van der Waals surface area (Å²) >= 11 is 0. The van der Waals surface area contributed by atoms with E-state index in [2.05, 4.69) is 0 Å². The Hall–Kier alpha value is -2.92. The molecular formula is C20H22O8S2. The minimum Gasteiger partial charge on any atom is -0.504 e. The third kappa shape index (κ3) is 8.21. The molecule has 0 atom stereocenters. The number of para-hydroxylation sites is 2. The Bertz CT molecular complexity index is 1090. The molecule has 0 unspecified atom stereocenters. The van der Waals surface area contributed by atoms with Crippen molar-refractivity contribution in [2.45, 2.75) is 23.6 Å². The van der Waals surface area contributed by atoms with Crippen molar-refractivity contribution in [2.24, 2.45) is 0 Å². The molecule has 0 aromatic heterocycles. The second-order valence-electron chi connectivity index (χ2n) is 5.97. The van der Waals surface area contributed by atoms with Gasteiger partial charge in [0.2, 0.25) is 0 Å². The number of aromatic hydroxyl groups is 2. The maximum Gasteiger partial charge on any atom is 0.294 e. The fourth-order valence-electron chi connectivity index (χ4n) is 2.16. The van der Waals surface area contributed by atoms with Gasteiger partial charge in [-0.15, -0.1) is 0 Å². The first-order valence-corrected chi connectivity index (χ1v) is 11.2. The van der Waals surface area contributed by atoms with Crippen LogP contribution in [0.4, 0.5) is 0 Å². The van der Waals surface area contributed by atoms with Crippen LogP contribution < -0.4 is 0 Å². The summed E-state index contributed by atoms with van der Waals surface area (Å²) in [6.07, 6.45) is 0. The van der Waals surface area contributed by atoms with Crippen molar-refractivity contribution in [1.82, 2.24) is 0 Å². The summed E-state index contributed by atoms with van der Waals surface area (Å²) in [6, 6.07) is 18.7. The van der Waals surface area contributed by atoms with Gasteiger partial charge >= 0.3 is 0 Å². The van der Waals surface area contributed by atoms with Gasteiger partial charge in [-0.25, -0.2) is 0 Å². The second kappa shape index (κ2) is 10.7. The minimum absolute atomic E-state index is 0.0278. The predicted octanol–water partition coefficient (Wildman–Crippen LogP) is 3.58. The fraction of sp³-hybridized carbons (Fsp3) is 0.100. The molecule has 0 aliphatic heterocycles. The number of benzene rings is 3. The predicted molar refractivity (Wildman–Crippen MR) is 112 cm³/mol. The fourth-order valence-corrected chi connectivity index (χ4v) is 3.61. The Morgan fingerprint density at radius 1 is 0.533 bits per heavy atom. The Balaban J connectivity index is 0.000000228. The van der Waals surface area contributed by atoms with Crippen LogP contribution in [0.15, 0.2) is 82.6 Å². The van der Waals surface area contributed by atoms with Gasteiger partial charge in [-0.1, -0.05) is 48.5 Å². The Morgan fingerprint density at radius 3 is 1.00 bits per heavy atom. The van der Waals surface area contributed by atoms with Crippen LogP contribution >= 0.6 is 0 Å². The molecule has 10 heteroatoms. The molecule has 3 rings (SSSR count). The molecule has 3 aromatic rings. The van der Waals surface area contributed by atoms with E-state index in [-0.39, 0.29) is 21.3 Å². The molecule has 0 saturated carbocycles. The largest absolute Gasteiger partial charge is 0.504 e. The van der Waals surface area contributed by atoms with Gasteiger partial charge in [-0.3, -0.25) is 9.11 Å². The lowest BCUT2D eigenvalue weighted by atomic mass is 10.2. The van der Waals surface area contributed by atoms with Crippen molar-refractivity contribution in [1.29, 1.82) is 0 Å². The van der Waals surface area contributed by atoms with Gasteiger partial charge < -0.3 is 10.2 Å². The first-order valence-electron chi connectivity index (χ1n) is 8.37. The monoisotopic (exact) mass is 454 g/mol. The highest BCUT2D eigenvalue weighted by Gasteiger charge is 2.11. The van der Waals surface area contributed by atoms with E-state index in [1.165, 1.54) is 24.3 Å². The molecule has 0 heterocycles. The van der Waals surface area contributed by atoms with Crippen molar-refractivity contribution >= 4 is 20.2 Å². The average Bonchev–Trinajstić information content (AvgIpc) is 2.64. The van der Waals surface area contributed by atoms with Crippen LogP contribution in [-0.2, 0) is 20.2 Å². The van der Waals surface area contributed by atoms with Crippen LogP contribution in [-0.4, -0.2) is 36.2 Å². The number of aryl methyl sites for hydroxylation is 2. The van der Waals surface area contributed by atoms with Gasteiger partial charge in [-0.2, -0.15) is 16.8 Å². The average molecular weight is 455 g/mol. The van der Waals surface area contributed by atoms with E-state index < -0.39 is 20.2 Å². The summed E-state index contributed by atoms with van der Waals surface area (Å²) in [5, 5.41) is 17.3. The number of phenolic OH excluding ortho intramolecular Hbond substituents is 2. The lowest BCUT2D eigenvalue weighted by Crippen LogP contribution is -1.99. The molecule has 8 nitrogen and oxygen atoms in total. The normalized spacial score (nSPS) is 10.8. The van der Waals surface area contributed by atoms with Crippen LogP contribution in [0.25, 0.3) is 0 Å². The van der Waals surface area contributed by atoms with Crippen LogP contribution in [0.1, 0.15) is 11.1 Å². The topological polar surface area (TPSA) is 149 Å². The van der Waals surface area contributed by atoms with Crippen molar-refractivity contribution in [3.63, 3.8) is 0 Å². The highest BCUT2D eigenvalue weighted by atomic mass is 32.2.